The number of rotatable bonds is 7. The molecule has 0 aliphatic heterocycles. The van der Waals surface area contributed by atoms with Crippen LogP contribution in [0.5, 0.6) is 0 Å². The quantitative estimate of drug-likeness (QED) is 0.832. The molecule has 0 aliphatic carbocycles. The molecule has 5 heteroatoms. The van der Waals surface area contributed by atoms with Crippen LogP contribution in [0.15, 0.2) is 18.6 Å². The van der Waals surface area contributed by atoms with Crippen LogP contribution in [0, 0.1) is 0 Å². The summed E-state index contributed by atoms with van der Waals surface area (Å²) in [6, 6.07) is 0. The lowest BCUT2D eigenvalue weighted by Gasteiger charge is -2.22. The second kappa shape index (κ2) is 6.41. The molecule has 0 radical (unpaired) electrons. The van der Waals surface area contributed by atoms with E-state index in [1.54, 1.807) is 0 Å². The fourth-order valence-electron chi connectivity index (χ4n) is 2.15. The van der Waals surface area contributed by atoms with E-state index in [1.165, 1.54) is 0 Å². The summed E-state index contributed by atoms with van der Waals surface area (Å²) in [5, 5.41) is 3.35. The zero-order chi connectivity index (χ0) is 13.7. The normalized spacial score (nSPS) is 10.9. The number of nitrogens with zero attached hydrogens (tertiary/aromatic N) is 4. The van der Waals surface area contributed by atoms with Gasteiger partial charge in [-0.2, -0.15) is 0 Å². The van der Waals surface area contributed by atoms with E-state index in [-0.39, 0.29) is 0 Å². The van der Waals surface area contributed by atoms with Gasteiger partial charge in [-0.15, -0.1) is 0 Å². The summed E-state index contributed by atoms with van der Waals surface area (Å²) in [4.78, 5) is 11.4. The maximum Gasteiger partial charge on any atom is 0.180 e. The highest BCUT2D eigenvalue weighted by Crippen LogP contribution is 2.20. The molecule has 0 aromatic carbocycles. The molecule has 104 valence electrons. The minimum Gasteiger partial charge on any atom is -0.369 e. The molecule has 0 saturated heterocycles. The van der Waals surface area contributed by atoms with Crippen molar-refractivity contribution in [2.45, 2.75) is 33.6 Å². The summed E-state index contributed by atoms with van der Waals surface area (Å²) in [5.41, 5.74) is 0.928. The third-order valence-electron chi connectivity index (χ3n) is 3.09. The van der Waals surface area contributed by atoms with E-state index >= 15 is 0 Å². The van der Waals surface area contributed by atoms with Gasteiger partial charge in [0, 0.05) is 32.0 Å². The number of fused-ring (bicyclic) bond motifs is 1. The number of nitrogens with one attached hydrogen (secondary N) is 1. The van der Waals surface area contributed by atoms with Gasteiger partial charge in [0.2, 0.25) is 0 Å². The molecule has 2 heterocycles. The van der Waals surface area contributed by atoms with Crippen LogP contribution in [-0.4, -0.2) is 34.0 Å². The standard InChI is InChI=1S/C14H23N5/c1-4-7-15-12-11-19-10-8-16-13(19)14(17-12)18(6-3)9-5-2/h8,10-11,15H,4-7,9H2,1-3H3. The third kappa shape index (κ3) is 2.97. The van der Waals surface area contributed by atoms with Crippen LogP contribution in [0.3, 0.4) is 0 Å². The highest BCUT2D eigenvalue weighted by Gasteiger charge is 2.12. The molecular weight excluding hydrogens is 238 g/mol. The average Bonchev–Trinajstić information content (AvgIpc) is 2.90. The van der Waals surface area contributed by atoms with Gasteiger partial charge in [0.25, 0.3) is 0 Å². The zero-order valence-corrected chi connectivity index (χ0v) is 12.1. The smallest absolute Gasteiger partial charge is 0.180 e. The molecule has 0 aliphatic rings. The molecular formula is C14H23N5. The molecule has 0 amide bonds. The summed E-state index contributed by atoms with van der Waals surface area (Å²) in [6.45, 7) is 9.38. The van der Waals surface area contributed by atoms with Crippen molar-refractivity contribution in [3.8, 4) is 0 Å². The first-order chi connectivity index (χ1) is 9.30. The highest BCUT2D eigenvalue weighted by molar-refractivity contribution is 5.66. The number of aromatic nitrogens is 3. The van der Waals surface area contributed by atoms with Gasteiger partial charge in [0.05, 0.1) is 6.20 Å². The predicted octanol–water partition coefficient (Wildman–Crippen LogP) is 2.79. The molecule has 2 aromatic heterocycles. The number of imidazole rings is 1. The van der Waals surface area contributed by atoms with Crippen molar-refractivity contribution in [1.82, 2.24) is 14.4 Å². The van der Waals surface area contributed by atoms with Gasteiger partial charge in [-0.1, -0.05) is 13.8 Å². The van der Waals surface area contributed by atoms with Gasteiger partial charge < -0.3 is 14.6 Å². The lowest BCUT2D eigenvalue weighted by molar-refractivity contribution is 0.777. The lowest BCUT2D eigenvalue weighted by atomic mass is 10.4. The highest BCUT2D eigenvalue weighted by atomic mass is 15.2. The van der Waals surface area contributed by atoms with Gasteiger partial charge in [-0.3, -0.25) is 0 Å². The number of hydrogen-bond donors (Lipinski definition) is 1. The van der Waals surface area contributed by atoms with E-state index < -0.39 is 0 Å². The second-order valence-electron chi connectivity index (χ2n) is 4.61. The molecule has 0 saturated carbocycles. The minimum absolute atomic E-state index is 0.914. The average molecular weight is 261 g/mol. The van der Waals surface area contributed by atoms with Crippen molar-refractivity contribution in [2.75, 3.05) is 29.9 Å². The first-order valence-corrected chi connectivity index (χ1v) is 7.12. The molecule has 5 nitrogen and oxygen atoms in total. The van der Waals surface area contributed by atoms with Gasteiger partial charge >= 0.3 is 0 Å². The van der Waals surface area contributed by atoms with E-state index in [0.29, 0.717) is 0 Å². The van der Waals surface area contributed by atoms with Crippen LogP contribution in [0.4, 0.5) is 11.6 Å². The minimum atomic E-state index is 0.914. The summed E-state index contributed by atoms with van der Waals surface area (Å²) < 4.78 is 2.04. The van der Waals surface area contributed by atoms with Crippen LogP contribution >= 0.6 is 0 Å². The van der Waals surface area contributed by atoms with Crippen LogP contribution in [0.1, 0.15) is 33.6 Å². The van der Waals surface area contributed by atoms with Gasteiger partial charge in [0.1, 0.15) is 5.82 Å². The fraction of sp³-hybridized carbons (Fsp3) is 0.571. The molecule has 0 atom stereocenters. The van der Waals surface area contributed by atoms with Crippen molar-refractivity contribution >= 4 is 17.3 Å². The van der Waals surface area contributed by atoms with Crippen LogP contribution in [0.25, 0.3) is 5.65 Å². The summed E-state index contributed by atoms with van der Waals surface area (Å²) in [5.74, 6) is 1.88. The topological polar surface area (TPSA) is 45.5 Å². The van der Waals surface area contributed by atoms with Gasteiger partial charge in [0.15, 0.2) is 11.5 Å². The van der Waals surface area contributed by atoms with E-state index in [2.05, 4.69) is 36.0 Å². The molecule has 19 heavy (non-hydrogen) atoms. The SMILES string of the molecule is CCCNc1cn2ccnc2c(N(CC)CCC)n1. The van der Waals surface area contributed by atoms with Crippen molar-refractivity contribution < 1.29 is 0 Å². The van der Waals surface area contributed by atoms with E-state index in [1.807, 2.05) is 23.0 Å². The second-order valence-corrected chi connectivity index (χ2v) is 4.61. The fourth-order valence-corrected chi connectivity index (χ4v) is 2.15. The summed E-state index contributed by atoms with van der Waals surface area (Å²) in [6.07, 6.45) is 7.99. The van der Waals surface area contributed by atoms with Crippen molar-refractivity contribution in [3.63, 3.8) is 0 Å². The van der Waals surface area contributed by atoms with E-state index in [4.69, 9.17) is 4.98 Å². The van der Waals surface area contributed by atoms with Crippen LogP contribution < -0.4 is 10.2 Å². The lowest BCUT2D eigenvalue weighted by Crippen LogP contribution is -2.25. The number of hydrogen-bond acceptors (Lipinski definition) is 4. The van der Waals surface area contributed by atoms with Gasteiger partial charge in [-0.25, -0.2) is 9.97 Å². The number of anilines is 2. The monoisotopic (exact) mass is 261 g/mol. The molecule has 2 aromatic rings. The molecule has 0 unspecified atom stereocenters. The van der Waals surface area contributed by atoms with E-state index in [0.717, 1.165) is 49.8 Å². The molecule has 0 bridgehead atoms. The summed E-state index contributed by atoms with van der Waals surface area (Å²) in [7, 11) is 0. The Morgan fingerprint density at radius 2 is 2.11 bits per heavy atom. The van der Waals surface area contributed by atoms with Crippen molar-refractivity contribution in [2.24, 2.45) is 0 Å². The van der Waals surface area contributed by atoms with Gasteiger partial charge in [-0.05, 0) is 19.8 Å². The van der Waals surface area contributed by atoms with E-state index in [9.17, 15) is 0 Å². The Kier molecular flexibility index (Phi) is 4.60. The summed E-state index contributed by atoms with van der Waals surface area (Å²) >= 11 is 0. The van der Waals surface area contributed by atoms with Crippen molar-refractivity contribution in [1.29, 1.82) is 0 Å². The Balaban J connectivity index is 2.40. The predicted molar refractivity (Wildman–Crippen MR) is 79.9 cm³/mol. The molecule has 0 fully saturated rings. The first-order valence-electron chi connectivity index (χ1n) is 7.12. The molecule has 0 spiro atoms. The molecule has 2 rings (SSSR count). The first kappa shape index (κ1) is 13.6. The maximum atomic E-state index is 4.73. The molecule has 1 N–H and O–H groups in total. The Morgan fingerprint density at radius 1 is 1.26 bits per heavy atom. The maximum absolute atomic E-state index is 4.73. The zero-order valence-electron chi connectivity index (χ0n) is 12.1. The Bertz CT molecular complexity index is 520. The van der Waals surface area contributed by atoms with Crippen molar-refractivity contribution in [3.05, 3.63) is 18.6 Å². The Hall–Kier alpha value is -1.78. The van der Waals surface area contributed by atoms with Crippen LogP contribution in [-0.2, 0) is 0 Å². The third-order valence-corrected chi connectivity index (χ3v) is 3.09. The Labute approximate surface area is 114 Å². The Morgan fingerprint density at radius 3 is 2.79 bits per heavy atom. The van der Waals surface area contributed by atoms with Crippen LogP contribution in [0.2, 0.25) is 0 Å². The largest absolute Gasteiger partial charge is 0.369 e.